The van der Waals surface area contributed by atoms with Crippen molar-refractivity contribution in [3.05, 3.63) is 27.7 Å². The van der Waals surface area contributed by atoms with Crippen LogP contribution < -0.4 is 4.72 Å². The molecular weight excluding hydrogens is 389 g/mol. The lowest BCUT2D eigenvalue weighted by Gasteiger charge is -2.32. The summed E-state index contributed by atoms with van der Waals surface area (Å²) in [5.41, 5.74) is 0.0646. The number of hydrogen-bond acceptors (Lipinski definition) is 4. The molecule has 1 N–H and O–H groups in total. The van der Waals surface area contributed by atoms with Crippen LogP contribution in [0, 0.1) is 0 Å². The Hall–Kier alpha value is -1.35. The summed E-state index contributed by atoms with van der Waals surface area (Å²) in [7, 11) is -3.87. The molecule has 0 aliphatic carbocycles. The minimum absolute atomic E-state index is 0.0551. The fourth-order valence-electron chi connectivity index (χ4n) is 2.47. The molecule has 25 heavy (non-hydrogen) atoms. The van der Waals surface area contributed by atoms with Gasteiger partial charge >= 0.3 is 0 Å². The summed E-state index contributed by atoms with van der Waals surface area (Å²) in [5, 5.41) is 0.0248. The Morgan fingerprint density at radius 1 is 1.16 bits per heavy atom. The van der Waals surface area contributed by atoms with E-state index in [4.69, 9.17) is 23.2 Å². The average molecular weight is 408 g/mol. The first-order chi connectivity index (χ1) is 11.7. The molecule has 0 saturated carbocycles. The van der Waals surface area contributed by atoms with Gasteiger partial charge in [-0.15, -0.1) is 0 Å². The lowest BCUT2D eigenvalue weighted by Crippen LogP contribution is -2.48. The number of nitrogens with one attached hydrogen (secondary N) is 1. The zero-order valence-electron chi connectivity index (χ0n) is 13.8. The van der Waals surface area contributed by atoms with Crippen molar-refractivity contribution in [1.29, 1.82) is 0 Å². The summed E-state index contributed by atoms with van der Waals surface area (Å²) < 4.78 is 27.2. The van der Waals surface area contributed by atoms with Gasteiger partial charge in [-0.2, -0.15) is 0 Å². The number of sulfonamides is 1. The second-order valence-corrected chi connectivity index (χ2v) is 8.47. The molecule has 0 bridgehead atoms. The molecule has 2 rings (SSSR count). The number of carbonyl (C=O) groups excluding carboxylic acids is 2. The molecule has 0 unspecified atom stereocenters. The van der Waals surface area contributed by atoms with E-state index in [9.17, 15) is 18.0 Å². The van der Waals surface area contributed by atoms with Crippen molar-refractivity contribution in [2.75, 3.05) is 26.2 Å². The molecule has 1 aromatic rings. The van der Waals surface area contributed by atoms with E-state index in [0.717, 1.165) is 6.41 Å². The highest BCUT2D eigenvalue weighted by Crippen LogP contribution is 2.29. The summed E-state index contributed by atoms with van der Waals surface area (Å²) in [4.78, 5) is 26.4. The molecule has 0 radical (unpaired) electrons. The molecule has 1 aromatic carbocycles. The van der Waals surface area contributed by atoms with Crippen LogP contribution in [-0.4, -0.2) is 62.8 Å². The monoisotopic (exact) mass is 407 g/mol. The van der Waals surface area contributed by atoms with E-state index < -0.39 is 15.9 Å². The maximum atomic E-state index is 12.7. The number of amides is 2. The van der Waals surface area contributed by atoms with Gasteiger partial charge in [0, 0.05) is 32.2 Å². The maximum absolute atomic E-state index is 12.7. The molecular formula is C15H19Cl2N3O4S. The second kappa shape index (κ2) is 7.90. The van der Waals surface area contributed by atoms with Crippen LogP contribution >= 0.6 is 23.2 Å². The van der Waals surface area contributed by atoms with Crippen molar-refractivity contribution in [2.24, 2.45) is 0 Å². The number of rotatable bonds is 5. The van der Waals surface area contributed by atoms with Gasteiger partial charge in [-0.25, -0.2) is 13.1 Å². The van der Waals surface area contributed by atoms with Crippen molar-refractivity contribution < 1.29 is 18.0 Å². The van der Waals surface area contributed by atoms with Crippen LogP contribution in [0.5, 0.6) is 0 Å². The average Bonchev–Trinajstić information content (AvgIpc) is 2.53. The van der Waals surface area contributed by atoms with E-state index in [-0.39, 0.29) is 26.5 Å². The van der Waals surface area contributed by atoms with Gasteiger partial charge in [-0.05, 0) is 26.0 Å². The fourth-order valence-corrected chi connectivity index (χ4v) is 4.58. The van der Waals surface area contributed by atoms with Crippen molar-refractivity contribution in [3.63, 3.8) is 0 Å². The largest absolute Gasteiger partial charge is 0.342 e. The lowest BCUT2D eigenvalue weighted by molar-refractivity contribution is -0.119. The predicted octanol–water partition coefficient (Wildman–Crippen LogP) is 1.59. The van der Waals surface area contributed by atoms with E-state index in [1.807, 2.05) is 0 Å². The Balaban J connectivity index is 2.34. The lowest BCUT2D eigenvalue weighted by atomic mass is 10.2. The van der Waals surface area contributed by atoms with Crippen molar-refractivity contribution >= 4 is 45.5 Å². The molecule has 2 amide bonds. The molecule has 1 fully saturated rings. The molecule has 1 heterocycles. The van der Waals surface area contributed by atoms with E-state index in [1.54, 1.807) is 18.7 Å². The van der Waals surface area contributed by atoms with Crippen LogP contribution in [0.1, 0.15) is 24.2 Å². The molecule has 0 spiro atoms. The van der Waals surface area contributed by atoms with Gasteiger partial charge in [0.1, 0.15) is 4.90 Å². The van der Waals surface area contributed by atoms with Gasteiger partial charge in [-0.1, -0.05) is 23.2 Å². The third kappa shape index (κ3) is 4.63. The molecule has 7 nitrogen and oxygen atoms in total. The Morgan fingerprint density at radius 3 is 2.28 bits per heavy atom. The third-order valence-electron chi connectivity index (χ3n) is 3.68. The summed E-state index contributed by atoms with van der Waals surface area (Å²) >= 11 is 12.1. The van der Waals surface area contributed by atoms with Crippen LogP contribution in [-0.2, 0) is 14.8 Å². The molecule has 1 aliphatic rings. The topological polar surface area (TPSA) is 86.8 Å². The number of halogens is 2. The van der Waals surface area contributed by atoms with Gasteiger partial charge in [0.2, 0.25) is 16.4 Å². The summed E-state index contributed by atoms with van der Waals surface area (Å²) in [6, 6.07) is 2.13. The Labute approximate surface area is 156 Å². The van der Waals surface area contributed by atoms with Gasteiger partial charge in [0.25, 0.3) is 5.91 Å². The molecule has 138 valence electrons. The zero-order chi connectivity index (χ0) is 18.8. The van der Waals surface area contributed by atoms with Crippen molar-refractivity contribution in [3.8, 4) is 0 Å². The minimum atomic E-state index is -3.87. The number of hydrogen-bond donors (Lipinski definition) is 1. The normalized spacial score (nSPS) is 15.6. The molecule has 10 heteroatoms. The minimum Gasteiger partial charge on any atom is -0.342 e. The zero-order valence-corrected chi connectivity index (χ0v) is 16.2. The molecule has 0 atom stereocenters. The highest BCUT2D eigenvalue weighted by molar-refractivity contribution is 7.89. The van der Waals surface area contributed by atoms with E-state index in [0.29, 0.717) is 26.2 Å². The maximum Gasteiger partial charge on any atom is 0.255 e. The Kier molecular flexibility index (Phi) is 6.31. The van der Waals surface area contributed by atoms with Gasteiger partial charge in [0.15, 0.2) is 0 Å². The van der Waals surface area contributed by atoms with Crippen LogP contribution in [0.25, 0.3) is 0 Å². The molecule has 1 aliphatic heterocycles. The molecule has 0 aromatic heterocycles. The predicted molar refractivity (Wildman–Crippen MR) is 95.5 cm³/mol. The molecule has 1 saturated heterocycles. The number of benzene rings is 1. The summed E-state index contributed by atoms with van der Waals surface area (Å²) in [6.45, 7) is 4.90. The number of carbonyl (C=O) groups is 2. The van der Waals surface area contributed by atoms with Crippen molar-refractivity contribution in [1.82, 2.24) is 14.5 Å². The standard InChI is InChI=1S/C15H19Cl2N3O4S/c1-10(2)18-25(23,24)14-7-11(12(16)8-13(14)17)15(22)20-5-3-19(9-21)4-6-20/h7-10,18H,3-6H2,1-2H3. The Morgan fingerprint density at radius 2 is 1.76 bits per heavy atom. The van der Waals surface area contributed by atoms with Gasteiger partial charge in [-0.3, -0.25) is 9.59 Å². The highest BCUT2D eigenvalue weighted by atomic mass is 35.5. The number of nitrogens with zero attached hydrogens (tertiary/aromatic N) is 2. The quantitative estimate of drug-likeness (QED) is 0.750. The second-order valence-electron chi connectivity index (χ2n) is 5.97. The summed E-state index contributed by atoms with van der Waals surface area (Å²) in [6.07, 6.45) is 0.735. The van der Waals surface area contributed by atoms with Crippen molar-refractivity contribution in [2.45, 2.75) is 24.8 Å². The fraction of sp³-hybridized carbons (Fsp3) is 0.467. The number of piperazine rings is 1. The highest BCUT2D eigenvalue weighted by Gasteiger charge is 2.27. The van der Waals surface area contributed by atoms with E-state index in [1.165, 1.54) is 17.0 Å². The Bertz CT molecular complexity index is 775. The van der Waals surface area contributed by atoms with Crippen LogP contribution in [0.4, 0.5) is 0 Å². The first kappa shape index (κ1) is 20.0. The van der Waals surface area contributed by atoms with E-state index >= 15 is 0 Å². The third-order valence-corrected chi connectivity index (χ3v) is 6.12. The smallest absolute Gasteiger partial charge is 0.255 e. The van der Waals surface area contributed by atoms with E-state index in [2.05, 4.69) is 4.72 Å². The first-order valence-electron chi connectivity index (χ1n) is 7.65. The summed E-state index contributed by atoms with van der Waals surface area (Å²) in [5.74, 6) is -0.395. The van der Waals surface area contributed by atoms with Gasteiger partial charge < -0.3 is 9.80 Å². The van der Waals surface area contributed by atoms with Gasteiger partial charge in [0.05, 0.1) is 15.6 Å². The first-order valence-corrected chi connectivity index (χ1v) is 9.89. The van der Waals surface area contributed by atoms with Crippen LogP contribution in [0.3, 0.4) is 0 Å². The van der Waals surface area contributed by atoms with Crippen LogP contribution in [0.15, 0.2) is 17.0 Å². The van der Waals surface area contributed by atoms with Crippen LogP contribution in [0.2, 0.25) is 10.0 Å². The SMILES string of the molecule is CC(C)NS(=O)(=O)c1cc(C(=O)N2CCN(C=O)CC2)c(Cl)cc1Cl.